The van der Waals surface area contributed by atoms with Gasteiger partial charge in [-0.1, -0.05) is 0 Å². The van der Waals surface area contributed by atoms with E-state index in [4.69, 9.17) is 9.68 Å². The Balaban J connectivity index is 2.59. The van der Waals surface area contributed by atoms with Crippen LogP contribution in [0.5, 0.6) is 0 Å². The fourth-order valence-corrected chi connectivity index (χ4v) is 1.69. The van der Waals surface area contributed by atoms with Crippen LogP contribution in [0, 0.1) is 16.7 Å². The largest absolute Gasteiger partial charge is 0.419 e. The summed E-state index contributed by atoms with van der Waals surface area (Å²) < 4.78 is 6.37. The molecule has 0 aliphatic heterocycles. The lowest BCUT2D eigenvalue weighted by molar-refractivity contribution is 0.0892. The Hall–Kier alpha value is -2.35. The lowest BCUT2D eigenvalue weighted by Crippen LogP contribution is -2.22. The molecular formula is C13H12N2O3. The van der Waals surface area contributed by atoms with Gasteiger partial charge < -0.3 is 4.42 Å². The molecule has 0 aliphatic rings. The van der Waals surface area contributed by atoms with E-state index in [1.807, 2.05) is 6.07 Å². The number of carbonyl (C=O) groups is 1. The predicted molar refractivity (Wildman–Crippen MR) is 65.2 cm³/mol. The third-order valence-electron chi connectivity index (χ3n) is 2.90. The molecule has 0 spiro atoms. The van der Waals surface area contributed by atoms with E-state index in [1.165, 1.54) is 10.6 Å². The van der Waals surface area contributed by atoms with Gasteiger partial charge in [-0.25, -0.2) is 4.79 Å². The van der Waals surface area contributed by atoms with Crippen molar-refractivity contribution in [2.45, 2.75) is 13.8 Å². The molecule has 1 aromatic carbocycles. The van der Waals surface area contributed by atoms with Crippen LogP contribution in [0.2, 0.25) is 0 Å². The summed E-state index contributed by atoms with van der Waals surface area (Å²) in [7, 11) is 1.59. The zero-order valence-corrected chi connectivity index (χ0v) is 10.4. The fraction of sp³-hybridized carbons (Fsp3) is 0.308. The van der Waals surface area contributed by atoms with Crippen molar-refractivity contribution in [2.24, 2.45) is 12.5 Å². The number of carbonyl (C=O) groups excluding carboxylic acids is 1. The number of ketones is 1. The van der Waals surface area contributed by atoms with Gasteiger partial charge in [-0.05, 0) is 32.0 Å². The van der Waals surface area contributed by atoms with Crippen LogP contribution in [0.3, 0.4) is 0 Å². The van der Waals surface area contributed by atoms with Crippen molar-refractivity contribution in [1.29, 1.82) is 5.26 Å². The number of benzene rings is 1. The number of nitriles is 1. The molecule has 1 heterocycles. The molecule has 2 rings (SSSR count). The van der Waals surface area contributed by atoms with Gasteiger partial charge in [0.15, 0.2) is 11.4 Å². The summed E-state index contributed by atoms with van der Waals surface area (Å²) in [6.07, 6.45) is 0. The number of rotatable bonds is 2. The molecule has 2 aromatic rings. The van der Waals surface area contributed by atoms with E-state index in [-0.39, 0.29) is 5.78 Å². The van der Waals surface area contributed by atoms with Crippen molar-refractivity contribution in [3.8, 4) is 6.07 Å². The van der Waals surface area contributed by atoms with Crippen molar-refractivity contribution in [2.75, 3.05) is 0 Å². The topological polar surface area (TPSA) is 76.0 Å². The van der Waals surface area contributed by atoms with Gasteiger partial charge in [-0.15, -0.1) is 0 Å². The van der Waals surface area contributed by atoms with Gasteiger partial charge in [0.2, 0.25) is 0 Å². The molecule has 0 saturated carbocycles. The number of fused-ring (bicyclic) bond motifs is 1. The van der Waals surface area contributed by atoms with Crippen LogP contribution in [0.1, 0.15) is 24.2 Å². The first-order valence-electron chi connectivity index (χ1n) is 5.42. The minimum atomic E-state index is -1.09. The SMILES string of the molecule is Cn1c(=O)oc2cc(C(=O)C(C)(C)C#N)ccc21. The summed E-state index contributed by atoms with van der Waals surface area (Å²) in [5.74, 6) is -0.771. The lowest BCUT2D eigenvalue weighted by Gasteiger charge is -2.13. The van der Waals surface area contributed by atoms with E-state index in [0.717, 1.165) is 0 Å². The molecule has 0 fully saturated rings. The molecule has 92 valence electrons. The molecule has 5 heteroatoms. The van der Waals surface area contributed by atoms with Gasteiger partial charge in [0.25, 0.3) is 0 Å². The Morgan fingerprint density at radius 2 is 2.11 bits per heavy atom. The summed E-state index contributed by atoms with van der Waals surface area (Å²) in [6, 6.07) is 6.69. The summed E-state index contributed by atoms with van der Waals surface area (Å²) in [5, 5.41) is 8.94. The van der Waals surface area contributed by atoms with Crippen LogP contribution >= 0.6 is 0 Å². The van der Waals surface area contributed by atoms with E-state index in [1.54, 1.807) is 33.0 Å². The molecule has 5 nitrogen and oxygen atoms in total. The van der Waals surface area contributed by atoms with Crippen molar-refractivity contribution in [3.63, 3.8) is 0 Å². The number of aryl methyl sites for hydroxylation is 1. The molecule has 0 bridgehead atoms. The lowest BCUT2D eigenvalue weighted by atomic mass is 9.86. The highest BCUT2D eigenvalue weighted by Gasteiger charge is 2.28. The number of nitrogens with zero attached hydrogens (tertiary/aromatic N) is 2. The highest BCUT2D eigenvalue weighted by Crippen LogP contribution is 2.23. The first kappa shape index (κ1) is 12.1. The van der Waals surface area contributed by atoms with Gasteiger partial charge in [-0.2, -0.15) is 5.26 Å². The maximum Gasteiger partial charge on any atom is 0.419 e. The number of Topliss-reactive ketones (excluding diaryl/α,β-unsaturated/α-hetero) is 1. The molecule has 0 amide bonds. The molecule has 18 heavy (non-hydrogen) atoms. The molecule has 0 N–H and O–H groups in total. The van der Waals surface area contributed by atoms with E-state index in [2.05, 4.69) is 0 Å². The minimum absolute atomic E-state index is 0.293. The van der Waals surface area contributed by atoms with Crippen molar-refractivity contribution in [3.05, 3.63) is 34.3 Å². The van der Waals surface area contributed by atoms with Crippen LogP contribution < -0.4 is 5.76 Å². The maximum atomic E-state index is 12.1. The first-order valence-corrected chi connectivity index (χ1v) is 5.42. The zero-order chi connectivity index (χ0) is 13.5. The Morgan fingerprint density at radius 1 is 1.44 bits per heavy atom. The Kier molecular flexibility index (Phi) is 2.59. The number of hydrogen-bond acceptors (Lipinski definition) is 4. The fourth-order valence-electron chi connectivity index (χ4n) is 1.69. The Bertz CT molecular complexity index is 729. The highest BCUT2D eigenvalue weighted by atomic mass is 16.4. The number of aromatic nitrogens is 1. The van der Waals surface area contributed by atoms with Gasteiger partial charge in [0, 0.05) is 12.6 Å². The Labute approximate surface area is 103 Å². The van der Waals surface area contributed by atoms with Gasteiger partial charge in [0.1, 0.15) is 5.41 Å². The van der Waals surface area contributed by atoms with E-state index in [9.17, 15) is 9.59 Å². The molecular weight excluding hydrogens is 232 g/mol. The summed E-state index contributed by atoms with van der Waals surface area (Å²) in [5.41, 5.74) is 0.236. The second-order valence-corrected chi connectivity index (χ2v) is 4.68. The average molecular weight is 244 g/mol. The third kappa shape index (κ3) is 1.72. The van der Waals surface area contributed by atoms with E-state index in [0.29, 0.717) is 16.7 Å². The maximum absolute atomic E-state index is 12.1. The van der Waals surface area contributed by atoms with Gasteiger partial charge in [0.05, 0.1) is 11.6 Å². The smallest absolute Gasteiger partial charge is 0.408 e. The monoisotopic (exact) mass is 244 g/mol. The average Bonchev–Trinajstić information content (AvgIpc) is 2.63. The van der Waals surface area contributed by atoms with Gasteiger partial charge >= 0.3 is 5.76 Å². The van der Waals surface area contributed by atoms with Crippen molar-refractivity contribution in [1.82, 2.24) is 4.57 Å². The minimum Gasteiger partial charge on any atom is -0.408 e. The van der Waals surface area contributed by atoms with Crippen molar-refractivity contribution >= 4 is 16.9 Å². The standard InChI is InChI=1S/C13H12N2O3/c1-13(2,7-14)11(16)8-4-5-9-10(6-8)18-12(17)15(9)3/h4-6H,1-3H3. The number of oxazole rings is 1. The second-order valence-electron chi connectivity index (χ2n) is 4.68. The molecule has 0 aliphatic carbocycles. The molecule has 0 atom stereocenters. The van der Waals surface area contributed by atoms with E-state index < -0.39 is 11.2 Å². The van der Waals surface area contributed by atoms with Crippen LogP contribution in [-0.4, -0.2) is 10.4 Å². The zero-order valence-electron chi connectivity index (χ0n) is 10.4. The van der Waals surface area contributed by atoms with Crippen molar-refractivity contribution < 1.29 is 9.21 Å². The molecule has 0 saturated heterocycles. The molecule has 0 unspecified atom stereocenters. The Morgan fingerprint density at radius 3 is 2.72 bits per heavy atom. The summed E-state index contributed by atoms with van der Waals surface area (Å²) in [6.45, 7) is 3.11. The summed E-state index contributed by atoms with van der Waals surface area (Å²) >= 11 is 0. The van der Waals surface area contributed by atoms with Crippen LogP contribution in [0.15, 0.2) is 27.4 Å². The summed E-state index contributed by atoms with van der Waals surface area (Å²) in [4.78, 5) is 23.4. The van der Waals surface area contributed by atoms with Crippen LogP contribution in [-0.2, 0) is 7.05 Å². The highest BCUT2D eigenvalue weighted by molar-refractivity contribution is 6.03. The molecule has 0 radical (unpaired) electrons. The third-order valence-corrected chi connectivity index (χ3v) is 2.90. The first-order chi connectivity index (χ1) is 8.36. The quantitative estimate of drug-likeness (QED) is 0.755. The predicted octanol–water partition coefficient (Wildman–Crippen LogP) is 1.86. The van der Waals surface area contributed by atoms with Crippen LogP contribution in [0.4, 0.5) is 0 Å². The molecule has 1 aromatic heterocycles. The second kappa shape index (κ2) is 3.84. The normalized spacial score (nSPS) is 11.4. The van der Waals surface area contributed by atoms with Gasteiger partial charge in [-0.3, -0.25) is 9.36 Å². The van der Waals surface area contributed by atoms with Crippen LogP contribution in [0.25, 0.3) is 11.1 Å². The van der Waals surface area contributed by atoms with E-state index >= 15 is 0 Å². The number of hydrogen-bond donors (Lipinski definition) is 0.